The van der Waals surface area contributed by atoms with E-state index in [2.05, 4.69) is 20.7 Å². The molecule has 0 fully saturated rings. The van der Waals surface area contributed by atoms with Crippen LogP contribution in [0.3, 0.4) is 0 Å². The van der Waals surface area contributed by atoms with Crippen molar-refractivity contribution in [3.63, 3.8) is 0 Å². The van der Waals surface area contributed by atoms with Crippen LogP contribution in [0, 0.1) is 0 Å². The van der Waals surface area contributed by atoms with E-state index in [1.807, 2.05) is 41.9 Å². The summed E-state index contributed by atoms with van der Waals surface area (Å²) in [6.45, 7) is 2.74. The summed E-state index contributed by atoms with van der Waals surface area (Å²) in [5.41, 5.74) is 1.37. The fraction of sp³-hybridized carbons (Fsp3) is 0.286. The summed E-state index contributed by atoms with van der Waals surface area (Å²) in [4.78, 5) is 25.1. The molecule has 0 aliphatic carbocycles. The molecule has 8 heteroatoms. The molecule has 4 rings (SSSR count). The lowest BCUT2D eigenvalue weighted by Gasteiger charge is -2.17. The molecule has 0 aliphatic heterocycles. The van der Waals surface area contributed by atoms with Crippen LogP contribution < -0.4 is 10.9 Å². The minimum Gasteiger partial charge on any atom is -0.351 e. The van der Waals surface area contributed by atoms with E-state index < -0.39 is 0 Å². The third-order valence-corrected chi connectivity index (χ3v) is 4.98. The van der Waals surface area contributed by atoms with Gasteiger partial charge in [-0.05, 0) is 24.6 Å². The Bertz CT molecular complexity index is 1210. The van der Waals surface area contributed by atoms with Crippen LogP contribution >= 0.6 is 0 Å². The van der Waals surface area contributed by atoms with E-state index >= 15 is 0 Å². The van der Waals surface area contributed by atoms with Gasteiger partial charge in [0.2, 0.25) is 5.91 Å². The molecule has 8 nitrogen and oxygen atoms in total. The Hall–Kier alpha value is -3.55. The Morgan fingerprint density at radius 3 is 2.76 bits per heavy atom. The first-order chi connectivity index (χ1) is 14.2. The number of carbonyl (C=O) groups excluding carboxylic acids is 1. The normalized spacial score (nSPS) is 12.3. The topological polar surface area (TPSA) is 94.7 Å². The van der Waals surface area contributed by atoms with Crippen LogP contribution in [-0.2, 0) is 17.9 Å². The molecule has 2 aromatic carbocycles. The molecule has 1 amide bonds. The summed E-state index contributed by atoms with van der Waals surface area (Å²) >= 11 is 0. The first kappa shape index (κ1) is 18.8. The standard InChI is InChI=1S/C21H22N6O2/c1-2-16(14-27-21(29)17-8-4-5-9-18(17)24-25-27)23-20(28)11-12-26-19-10-6-3-7-15(19)13-22-26/h3-10,13,16H,2,11-12,14H2,1H3,(H,23,28)/t16-/m1/s1. The van der Waals surface area contributed by atoms with Gasteiger partial charge >= 0.3 is 0 Å². The summed E-state index contributed by atoms with van der Waals surface area (Å²) in [5.74, 6) is -0.0850. The minimum atomic E-state index is -0.204. The predicted molar refractivity (Wildman–Crippen MR) is 110 cm³/mol. The van der Waals surface area contributed by atoms with Gasteiger partial charge in [0.05, 0.1) is 30.2 Å². The van der Waals surface area contributed by atoms with Crippen molar-refractivity contribution in [3.05, 3.63) is 65.1 Å². The third-order valence-electron chi connectivity index (χ3n) is 4.98. The van der Waals surface area contributed by atoms with Crippen molar-refractivity contribution in [2.75, 3.05) is 0 Å². The molecular formula is C21H22N6O2. The fourth-order valence-corrected chi connectivity index (χ4v) is 3.34. The van der Waals surface area contributed by atoms with Crippen LogP contribution in [0.15, 0.2) is 59.5 Å². The van der Waals surface area contributed by atoms with Gasteiger partial charge in [-0.15, -0.1) is 5.10 Å². The molecule has 0 spiro atoms. The van der Waals surface area contributed by atoms with Crippen molar-refractivity contribution in [3.8, 4) is 0 Å². The highest BCUT2D eigenvalue weighted by molar-refractivity contribution is 5.79. The lowest BCUT2D eigenvalue weighted by molar-refractivity contribution is -0.122. The largest absolute Gasteiger partial charge is 0.351 e. The predicted octanol–water partition coefficient (Wildman–Crippen LogP) is 2.13. The first-order valence-electron chi connectivity index (χ1n) is 9.68. The average molecular weight is 390 g/mol. The smallest absolute Gasteiger partial charge is 0.277 e. The van der Waals surface area contributed by atoms with Crippen molar-refractivity contribution < 1.29 is 4.79 Å². The van der Waals surface area contributed by atoms with Crippen molar-refractivity contribution in [1.82, 2.24) is 30.1 Å². The molecule has 29 heavy (non-hydrogen) atoms. The number of nitrogens with one attached hydrogen (secondary N) is 1. The molecule has 1 N–H and O–H groups in total. The van der Waals surface area contributed by atoms with E-state index in [1.54, 1.807) is 24.4 Å². The maximum Gasteiger partial charge on any atom is 0.277 e. The number of aryl methyl sites for hydroxylation is 1. The number of rotatable bonds is 7. The van der Waals surface area contributed by atoms with E-state index in [0.29, 0.717) is 30.3 Å². The number of para-hydroxylation sites is 1. The zero-order valence-electron chi connectivity index (χ0n) is 16.2. The van der Waals surface area contributed by atoms with Crippen molar-refractivity contribution in [1.29, 1.82) is 0 Å². The molecule has 2 heterocycles. The van der Waals surface area contributed by atoms with Crippen molar-refractivity contribution >= 4 is 27.7 Å². The maximum atomic E-state index is 12.6. The Kier molecular flexibility index (Phi) is 5.33. The molecule has 148 valence electrons. The van der Waals surface area contributed by atoms with Gasteiger partial charge < -0.3 is 5.32 Å². The van der Waals surface area contributed by atoms with Gasteiger partial charge in [0.1, 0.15) is 5.52 Å². The van der Waals surface area contributed by atoms with Gasteiger partial charge in [-0.1, -0.05) is 42.5 Å². The van der Waals surface area contributed by atoms with Crippen LogP contribution in [0.5, 0.6) is 0 Å². The van der Waals surface area contributed by atoms with Gasteiger partial charge in [0.15, 0.2) is 0 Å². The Morgan fingerprint density at radius 1 is 1.10 bits per heavy atom. The Balaban J connectivity index is 1.40. The third kappa shape index (κ3) is 4.01. The van der Waals surface area contributed by atoms with Crippen LogP contribution in [0.1, 0.15) is 19.8 Å². The monoisotopic (exact) mass is 390 g/mol. The fourth-order valence-electron chi connectivity index (χ4n) is 3.34. The zero-order valence-corrected chi connectivity index (χ0v) is 16.2. The first-order valence-corrected chi connectivity index (χ1v) is 9.68. The van der Waals surface area contributed by atoms with Gasteiger partial charge in [-0.3, -0.25) is 14.3 Å². The molecular weight excluding hydrogens is 368 g/mol. The summed E-state index contributed by atoms with van der Waals surface area (Å²) in [5, 5.41) is 17.0. The highest BCUT2D eigenvalue weighted by atomic mass is 16.2. The van der Waals surface area contributed by atoms with Crippen LogP contribution in [0.2, 0.25) is 0 Å². The van der Waals surface area contributed by atoms with Gasteiger partial charge in [0, 0.05) is 17.8 Å². The summed E-state index contributed by atoms with van der Waals surface area (Å²) in [7, 11) is 0. The molecule has 1 atom stereocenters. The van der Waals surface area contributed by atoms with E-state index in [-0.39, 0.29) is 24.1 Å². The molecule has 2 aromatic heterocycles. The number of aromatic nitrogens is 5. The molecule has 0 radical (unpaired) electrons. The minimum absolute atomic E-state index is 0.0850. The number of carbonyl (C=O) groups is 1. The molecule has 0 aliphatic rings. The van der Waals surface area contributed by atoms with Crippen molar-refractivity contribution in [2.24, 2.45) is 0 Å². The van der Waals surface area contributed by atoms with Gasteiger partial charge in [-0.2, -0.15) is 5.10 Å². The summed E-state index contributed by atoms with van der Waals surface area (Å²) in [6, 6.07) is 14.8. The van der Waals surface area contributed by atoms with E-state index in [4.69, 9.17) is 0 Å². The van der Waals surface area contributed by atoms with Crippen LogP contribution in [-0.4, -0.2) is 36.7 Å². The van der Waals surface area contributed by atoms with Gasteiger partial charge in [0.25, 0.3) is 5.56 Å². The van der Waals surface area contributed by atoms with E-state index in [1.165, 1.54) is 4.68 Å². The quantitative estimate of drug-likeness (QED) is 0.522. The second-order valence-electron chi connectivity index (χ2n) is 6.94. The number of amides is 1. The lowest BCUT2D eigenvalue weighted by Crippen LogP contribution is -2.41. The lowest BCUT2D eigenvalue weighted by atomic mass is 10.2. The molecule has 0 saturated carbocycles. The number of hydrogen-bond acceptors (Lipinski definition) is 5. The number of fused-ring (bicyclic) bond motifs is 2. The van der Waals surface area contributed by atoms with Crippen LogP contribution in [0.25, 0.3) is 21.8 Å². The SMILES string of the molecule is CC[C@H](Cn1nnc2ccccc2c1=O)NC(=O)CCn1ncc2ccccc21. The van der Waals surface area contributed by atoms with E-state index in [9.17, 15) is 9.59 Å². The van der Waals surface area contributed by atoms with Crippen molar-refractivity contribution in [2.45, 2.75) is 38.9 Å². The Labute approximate surface area is 167 Å². The van der Waals surface area contributed by atoms with Crippen LogP contribution in [0.4, 0.5) is 0 Å². The second kappa shape index (κ2) is 8.22. The second-order valence-corrected chi connectivity index (χ2v) is 6.94. The molecule has 0 bridgehead atoms. The molecule has 0 unspecified atom stereocenters. The van der Waals surface area contributed by atoms with E-state index in [0.717, 1.165) is 10.9 Å². The molecule has 0 saturated heterocycles. The number of nitrogens with zero attached hydrogens (tertiary/aromatic N) is 5. The van der Waals surface area contributed by atoms with Gasteiger partial charge in [-0.25, -0.2) is 4.68 Å². The summed E-state index contributed by atoms with van der Waals surface area (Å²) in [6.07, 6.45) is 2.78. The maximum absolute atomic E-state index is 12.6. The number of benzene rings is 2. The highest BCUT2D eigenvalue weighted by Gasteiger charge is 2.14. The highest BCUT2D eigenvalue weighted by Crippen LogP contribution is 2.13. The summed E-state index contributed by atoms with van der Waals surface area (Å²) < 4.78 is 3.15. The number of hydrogen-bond donors (Lipinski definition) is 1. The molecule has 4 aromatic rings. The average Bonchev–Trinajstić information content (AvgIpc) is 3.17. The zero-order chi connectivity index (χ0) is 20.2. The Morgan fingerprint density at radius 2 is 1.90 bits per heavy atom.